The Morgan fingerprint density at radius 3 is 2.38 bits per heavy atom. The first-order chi connectivity index (χ1) is 12.6. The molecule has 0 aliphatic rings. The van der Waals surface area contributed by atoms with Crippen molar-refractivity contribution in [3.05, 3.63) is 70.7 Å². The summed E-state index contributed by atoms with van der Waals surface area (Å²) in [4.78, 5) is 25.6. The number of carbonyl (C=O) groups is 2. The van der Waals surface area contributed by atoms with Crippen LogP contribution in [0.15, 0.2) is 54.6 Å². The van der Waals surface area contributed by atoms with Gasteiger partial charge in [-0.15, -0.1) is 0 Å². The van der Waals surface area contributed by atoms with Crippen molar-refractivity contribution >= 4 is 23.4 Å². The average molecular weight is 373 g/mol. The lowest BCUT2D eigenvalue weighted by Gasteiger charge is -2.21. The summed E-state index contributed by atoms with van der Waals surface area (Å²) in [6.45, 7) is 3.03. The number of benzene rings is 2. The molecule has 0 fully saturated rings. The third-order valence-electron chi connectivity index (χ3n) is 4.22. The summed E-state index contributed by atoms with van der Waals surface area (Å²) in [5.41, 5.74) is 2.14. The Balaban J connectivity index is 1.72. The summed E-state index contributed by atoms with van der Waals surface area (Å²) in [5.74, 6) is -0.0869. The van der Waals surface area contributed by atoms with Gasteiger partial charge in [0.2, 0.25) is 11.8 Å². The van der Waals surface area contributed by atoms with Crippen molar-refractivity contribution in [2.24, 2.45) is 0 Å². The van der Waals surface area contributed by atoms with E-state index in [9.17, 15) is 9.59 Å². The van der Waals surface area contributed by atoms with Crippen LogP contribution in [-0.4, -0.2) is 29.8 Å². The average Bonchev–Trinajstić information content (AvgIpc) is 2.64. The third kappa shape index (κ3) is 6.89. The molecule has 0 saturated carbocycles. The van der Waals surface area contributed by atoms with Crippen LogP contribution in [0.2, 0.25) is 5.02 Å². The lowest BCUT2D eigenvalue weighted by molar-refractivity contribution is -0.129. The second-order valence-electron chi connectivity index (χ2n) is 6.21. The number of rotatable bonds is 9. The Bertz CT molecular complexity index is 719. The molecule has 138 valence electrons. The number of amides is 2. The molecule has 2 aromatic carbocycles. The van der Waals surface area contributed by atoms with Crippen molar-refractivity contribution in [1.29, 1.82) is 0 Å². The Morgan fingerprint density at radius 1 is 1.00 bits per heavy atom. The molecule has 0 aliphatic heterocycles. The van der Waals surface area contributed by atoms with Gasteiger partial charge in [-0.25, -0.2) is 0 Å². The Kier molecular flexibility index (Phi) is 8.16. The van der Waals surface area contributed by atoms with E-state index in [0.717, 1.165) is 18.4 Å². The van der Waals surface area contributed by atoms with Crippen molar-refractivity contribution in [1.82, 2.24) is 10.2 Å². The highest BCUT2D eigenvalue weighted by Gasteiger charge is 2.11. The predicted molar refractivity (Wildman–Crippen MR) is 105 cm³/mol. The summed E-state index contributed by atoms with van der Waals surface area (Å²) in [5, 5.41) is 3.49. The van der Waals surface area contributed by atoms with Crippen LogP contribution in [0.1, 0.15) is 30.9 Å². The first kappa shape index (κ1) is 20.0. The number of hydrogen-bond donors (Lipinski definition) is 1. The lowest BCUT2D eigenvalue weighted by Crippen LogP contribution is -2.34. The molecule has 4 nitrogen and oxygen atoms in total. The molecule has 0 unspecified atom stereocenters. The highest BCUT2D eigenvalue weighted by atomic mass is 35.5. The maximum absolute atomic E-state index is 12.1. The first-order valence-electron chi connectivity index (χ1n) is 8.86. The first-order valence-corrected chi connectivity index (χ1v) is 9.23. The van der Waals surface area contributed by atoms with Crippen LogP contribution in [-0.2, 0) is 22.6 Å². The van der Waals surface area contributed by atoms with Crippen molar-refractivity contribution in [3.63, 3.8) is 0 Å². The molecule has 0 radical (unpaired) electrons. The van der Waals surface area contributed by atoms with Gasteiger partial charge in [0.25, 0.3) is 0 Å². The van der Waals surface area contributed by atoms with E-state index in [1.165, 1.54) is 5.56 Å². The number of halogens is 1. The minimum atomic E-state index is -0.0840. The van der Waals surface area contributed by atoms with E-state index >= 15 is 0 Å². The fourth-order valence-corrected chi connectivity index (χ4v) is 2.91. The van der Waals surface area contributed by atoms with Gasteiger partial charge < -0.3 is 10.2 Å². The topological polar surface area (TPSA) is 49.4 Å². The van der Waals surface area contributed by atoms with Gasteiger partial charge in [0.05, 0.1) is 0 Å². The lowest BCUT2D eigenvalue weighted by atomic mass is 10.1. The van der Waals surface area contributed by atoms with Gasteiger partial charge >= 0.3 is 0 Å². The molecule has 2 aromatic rings. The standard InChI is InChI=1S/C21H25ClN2O2/c1-17(25)24(14-7-10-18-8-3-2-4-9-18)15-13-21(26)23-16-19-11-5-6-12-20(19)22/h2-6,8-9,11-12H,7,10,13-16H2,1H3,(H,23,26). The van der Waals surface area contributed by atoms with Crippen LogP contribution >= 0.6 is 11.6 Å². The molecule has 0 spiro atoms. The number of nitrogens with zero attached hydrogens (tertiary/aromatic N) is 1. The molecular formula is C21H25ClN2O2. The van der Waals surface area contributed by atoms with E-state index in [-0.39, 0.29) is 18.2 Å². The summed E-state index contributed by atoms with van der Waals surface area (Å²) in [6, 6.07) is 17.6. The Labute approximate surface area is 160 Å². The largest absolute Gasteiger partial charge is 0.352 e. The number of aryl methyl sites for hydroxylation is 1. The van der Waals surface area contributed by atoms with Crippen molar-refractivity contribution < 1.29 is 9.59 Å². The zero-order valence-corrected chi connectivity index (χ0v) is 15.8. The molecule has 0 aromatic heterocycles. The van der Waals surface area contributed by atoms with Crippen molar-refractivity contribution in [3.8, 4) is 0 Å². The molecule has 5 heteroatoms. The minimum Gasteiger partial charge on any atom is -0.352 e. The van der Waals surface area contributed by atoms with Gasteiger partial charge in [-0.1, -0.05) is 60.1 Å². The molecule has 2 rings (SSSR count). The van der Waals surface area contributed by atoms with Crippen LogP contribution in [0.3, 0.4) is 0 Å². The molecule has 0 atom stereocenters. The SMILES string of the molecule is CC(=O)N(CCCc1ccccc1)CCC(=O)NCc1ccccc1Cl. The quantitative estimate of drug-likeness (QED) is 0.727. The number of carbonyl (C=O) groups excluding carboxylic acids is 2. The van der Waals surface area contributed by atoms with E-state index in [1.54, 1.807) is 17.9 Å². The van der Waals surface area contributed by atoms with E-state index in [2.05, 4.69) is 17.4 Å². The molecule has 1 N–H and O–H groups in total. The van der Waals surface area contributed by atoms with Gasteiger partial charge in [-0.05, 0) is 30.0 Å². The second kappa shape index (κ2) is 10.6. The van der Waals surface area contributed by atoms with Crippen LogP contribution in [0.5, 0.6) is 0 Å². The Morgan fingerprint density at radius 2 is 1.69 bits per heavy atom. The summed E-state index contributed by atoms with van der Waals surface area (Å²) < 4.78 is 0. The van der Waals surface area contributed by atoms with E-state index in [0.29, 0.717) is 24.7 Å². The van der Waals surface area contributed by atoms with Crippen LogP contribution in [0.25, 0.3) is 0 Å². The molecular weight excluding hydrogens is 348 g/mol. The molecule has 2 amide bonds. The normalized spacial score (nSPS) is 10.4. The fraction of sp³-hybridized carbons (Fsp3) is 0.333. The maximum Gasteiger partial charge on any atom is 0.222 e. The zero-order valence-electron chi connectivity index (χ0n) is 15.1. The highest BCUT2D eigenvalue weighted by Crippen LogP contribution is 2.14. The van der Waals surface area contributed by atoms with Gasteiger partial charge in [-0.2, -0.15) is 0 Å². The van der Waals surface area contributed by atoms with Crippen LogP contribution in [0, 0.1) is 0 Å². The number of hydrogen-bond acceptors (Lipinski definition) is 2. The summed E-state index contributed by atoms with van der Waals surface area (Å²) in [6.07, 6.45) is 2.09. The van der Waals surface area contributed by atoms with E-state index in [4.69, 9.17) is 11.6 Å². The third-order valence-corrected chi connectivity index (χ3v) is 4.59. The van der Waals surface area contributed by atoms with Gasteiger partial charge in [0.15, 0.2) is 0 Å². The van der Waals surface area contributed by atoms with Crippen molar-refractivity contribution in [2.45, 2.75) is 32.7 Å². The predicted octanol–water partition coefficient (Wildman–Crippen LogP) is 3.83. The van der Waals surface area contributed by atoms with Gasteiger partial charge in [-0.3, -0.25) is 9.59 Å². The van der Waals surface area contributed by atoms with E-state index < -0.39 is 0 Å². The van der Waals surface area contributed by atoms with Gasteiger partial charge in [0, 0.05) is 38.0 Å². The van der Waals surface area contributed by atoms with Crippen LogP contribution in [0.4, 0.5) is 0 Å². The fourth-order valence-electron chi connectivity index (χ4n) is 2.71. The molecule has 0 heterocycles. The van der Waals surface area contributed by atoms with Crippen LogP contribution < -0.4 is 5.32 Å². The maximum atomic E-state index is 12.1. The second-order valence-corrected chi connectivity index (χ2v) is 6.62. The minimum absolute atomic E-state index is 0.00281. The molecule has 0 saturated heterocycles. The summed E-state index contributed by atoms with van der Waals surface area (Å²) in [7, 11) is 0. The highest BCUT2D eigenvalue weighted by molar-refractivity contribution is 6.31. The smallest absolute Gasteiger partial charge is 0.222 e. The number of nitrogens with one attached hydrogen (secondary N) is 1. The van der Waals surface area contributed by atoms with Gasteiger partial charge in [0.1, 0.15) is 0 Å². The summed E-state index contributed by atoms with van der Waals surface area (Å²) >= 11 is 6.08. The molecule has 0 aliphatic carbocycles. The van der Waals surface area contributed by atoms with Crippen molar-refractivity contribution in [2.75, 3.05) is 13.1 Å². The zero-order chi connectivity index (χ0) is 18.8. The molecule has 26 heavy (non-hydrogen) atoms. The molecule has 0 bridgehead atoms. The Hall–Kier alpha value is -2.33. The monoisotopic (exact) mass is 372 g/mol. The van der Waals surface area contributed by atoms with E-state index in [1.807, 2.05) is 36.4 Å².